The third-order valence-electron chi connectivity index (χ3n) is 2.26. The first-order valence-corrected chi connectivity index (χ1v) is 5.33. The van der Waals surface area contributed by atoms with Crippen LogP contribution in [-0.4, -0.2) is 26.1 Å². The van der Waals surface area contributed by atoms with E-state index in [2.05, 4.69) is 24.8 Å². The molecule has 5 heteroatoms. The van der Waals surface area contributed by atoms with E-state index >= 15 is 0 Å². The van der Waals surface area contributed by atoms with Crippen molar-refractivity contribution in [2.45, 2.75) is 19.9 Å². The highest BCUT2D eigenvalue weighted by molar-refractivity contribution is 5.33. The molecule has 2 aromatic rings. The van der Waals surface area contributed by atoms with Crippen molar-refractivity contribution in [3.8, 4) is 0 Å². The molecule has 0 aliphatic heterocycles. The third kappa shape index (κ3) is 3.05. The Labute approximate surface area is 94.6 Å². The first kappa shape index (κ1) is 10.6. The summed E-state index contributed by atoms with van der Waals surface area (Å²) in [6.07, 6.45) is 8.21. The fourth-order valence-electron chi connectivity index (χ4n) is 1.45. The molecule has 5 nitrogen and oxygen atoms in total. The van der Waals surface area contributed by atoms with Gasteiger partial charge in [-0.05, 0) is 13.3 Å². The van der Waals surface area contributed by atoms with Crippen LogP contribution in [0.2, 0.25) is 0 Å². The summed E-state index contributed by atoms with van der Waals surface area (Å²) in [6, 6.07) is 1.94. The van der Waals surface area contributed by atoms with E-state index in [4.69, 9.17) is 0 Å². The maximum Gasteiger partial charge on any atom is 0.129 e. The zero-order chi connectivity index (χ0) is 11.2. The average molecular weight is 217 g/mol. The number of imidazole rings is 1. The van der Waals surface area contributed by atoms with Crippen molar-refractivity contribution < 1.29 is 0 Å². The number of nitrogens with zero attached hydrogens (tertiary/aromatic N) is 4. The van der Waals surface area contributed by atoms with Crippen LogP contribution < -0.4 is 5.32 Å². The lowest BCUT2D eigenvalue weighted by Crippen LogP contribution is -2.07. The summed E-state index contributed by atoms with van der Waals surface area (Å²) in [4.78, 5) is 12.2. The van der Waals surface area contributed by atoms with Crippen LogP contribution in [0.5, 0.6) is 0 Å². The van der Waals surface area contributed by atoms with Crippen molar-refractivity contribution in [2.24, 2.45) is 0 Å². The Morgan fingerprint density at radius 2 is 2.31 bits per heavy atom. The van der Waals surface area contributed by atoms with Gasteiger partial charge in [-0.1, -0.05) is 0 Å². The lowest BCUT2D eigenvalue weighted by Gasteiger charge is -2.05. The Bertz CT molecular complexity index is 424. The quantitative estimate of drug-likeness (QED) is 0.771. The number of nitrogens with one attached hydrogen (secondary N) is 1. The summed E-state index contributed by atoms with van der Waals surface area (Å²) in [5, 5.41) is 3.26. The van der Waals surface area contributed by atoms with Crippen LogP contribution in [0, 0.1) is 6.92 Å². The molecule has 16 heavy (non-hydrogen) atoms. The van der Waals surface area contributed by atoms with E-state index in [1.165, 1.54) is 0 Å². The van der Waals surface area contributed by atoms with Gasteiger partial charge in [-0.25, -0.2) is 15.0 Å². The number of anilines is 1. The van der Waals surface area contributed by atoms with Gasteiger partial charge in [0.05, 0.1) is 6.33 Å². The van der Waals surface area contributed by atoms with E-state index < -0.39 is 0 Å². The second kappa shape index (κ2) is 5.25. The average Bonchev–Trinajstić information content (AvgIpc) is 2.77. The molecule has 0 atom stereocenters. The largest absolute Gasteiger partial charge is 0.370 e. The van der Waals surface area contributed by atoms with Crippen LogP contribution in [0.15, 0.2) is 31.1 Å². The lowest BCUT2D eigenvalue weighted by atomic mass is 10.4. The molecular weight excluding hydrogens is 202 g/mol. The summed E-state index contributed by atoms with van der Waals surface area (Å²) < 4.78 is 2.06. The third-order valence-corrected chi connectivity index (χ3v) is 2.26. The topological polar surface area (TPSA) is 55.6 Å². The zero-order valence-corrected chi connectivity index (χ0v) is 9.30. The Hall–Kier alpha value is -1.91. The molecule has 0 aliphatic carbocycles. The molecule has 1 N–H and O–H groups in total. The second-order valence-corrected chi connectivity index (χ2v) is 3.63. The van der Waals surface area contributed by atoms with Gasteiger partial charge in [0.2, 0.25) is 0 Å². The molecule has 0 fully saturated rings. The Morgan fingerprint density at radius 1 is 1.38 bits per heavy atom. The first-order chi connectivity index (χ1) is 7.84. The minimum absolute atomic E-state index is 0.887. The van der Waals surface area contributed by atoms with E-state index in [9.17, 15) is 0 Å². The molecule has 0 bridgehead atoms. The molecule has 0 unspecified atom stereocenters. The van der Waals surface area contributed by atoms with Gasteiger partial charge in [-0.15, -0.1) is 0 Å². The fraction of sp³-hybridized carbons (Fsp3) is 0.364. The predicted octanol–water partition coefficient (Wildman–Crippen LogP) is 1.48. The normalized spacial score (nSPS) is 10.3. The Balaban J connectivity index is 1.72. The number of aryl methyl sites for hydroxylation is 2. The molecule has 0 radical (unpaired) electrons. The van der Waals surface area contributed by atoms with Crippen LogP contribution in [0.1, 0.15) is 12.1 Å². The highest BCUT2D eigenvalue weighted by Crippen LogP contribution is 2.02. The van der Waals surface area contributed by atoms with E-state index in [-0.39, 0.29) is 0 Å². The highest BCUT2D eigenvalue weighted by Gasteiger charge is 1.94. The zero-order valence-electron chi connectivity index (χ0n) is 9.30. The van der Waals surface area contributed by atoms with Crippen molar-refractivity contribution in [2.75, 3.05) is 11.9 Å². The van der Waals surface area contributed by atoms with Gasteiger partial charge in [0.25, 0.3) is 0 Å². The van der Waals surface area contributed by atoms with Gasteiger partial charge in [0, 0.05) is 37.2 Å². The summed E-state index contributed by atoms with van der Waals surface area (Å²) in [6.45, 7) is 3.82. The number of hydrogen-bond acceptors (Lipinski definition) is 4. The monoisotopic (exact) mass is 217 g/mol. The molecule has 0 saturated carbocycles. The predicted molar refractivity (Wildman–Crippen MR) is 62.1 cm³/mol. The van der Waals surface area contributed by atoms with Crippen molar-refractivity contribution in [3.05, 3.63) is 36.8 Å². The van der Waals surface area contributed by atoms with Crippen molar-refractivity contribution >= 4 is 5.82 Å². The van der Waals surface area contributed by atoms with Gasteiger partial charge in [-0.3, -0.25) is 0 Å². The SMILES string of the molecule is Cc1cc(NCCCn2ccnc2)ncn1. The van der Waals surface area contributed by atoms with E-state index in [0.717, 1.165) is 31.0 Å². The van der Waals surface area contributed by atoms with Gasteiger partial charge in [0.1, 0.15) is 12.1 Å². The van der Waals surface area contributed by atoms with Crippen molar-refractivity contribution in [1.29, 1.82) is 0 Å². The Morgan fingerprint density at radius 3 is 3.06 bits per heavy atom. The molecule has 0 spiro atoms. The first-order valence-electron chi connectivity index (χ1n) is 5.33. The highest BCUT2D eigenvalue weighted by atomic mass is 15.0. The van der Waals surface area contributed by atoms with Gasteiger partial charge < -0.3 is 9.88 Å². The van der Waals surface area contributed by atoms with Crippen molar-refractivity contribution in [1.82, 2.24) is 19.5 Å². The van der Waals surface area contributed by atoms with Gasteiger partial charge >= 0.3 is 0 Å². The number of hydrogen-bond donors (Lipinski definition) is 1. The maximum atomic E-state index is 4.13. The summed E-state index contributed by atoms with van der Waals surface area (Å²) in [5.41, 5.74) is 0.979. The van der Waals surface area contributed by atoms with Crippen molar-refractivity contribution in [3.63, 3.8) is 0 Å². The summed E-state index contributed by atoms with van der Waals surface area (Å²) in [7, 11) is 0. The maximum absolute atomic E-state index is 4.13. The molecule has 2 rings (SSSR count). The van der Waals surface area contributed by atoms with E-state index in [1.807, 2.05) is 25.5 Å². The van der Waals surface area contributed by atoms with Crippen LogP contribution >= 0.6 is 0 Å². The minimum Gasteiger partial charge on any atom is -0.370 e. The second-order valence-electron chi connectivity index (χ2n) is 3.63. The van der Waals surface area contributed by atoms with Gasteiger partial charge in [0.15, 0.2) is 0 Å². The molecule has 0 aromatic carbocycles. The van der Waals surface area contributed by atoms with Crippen LogP contribution in [0.3, 0.4) is 0 Å². The van der Waals surface area contributed by atoms with Gasteiger partial charge in [-0.2, -0.15) is 0 Å². The number of aromatic nitrogens is 4. The van der Waals surface area contributed by atoms with Crippen LogP contribution in [-0.2, 0) is 6.54 Å². The molecular formula is C11H15N5. The molecule has 0 amide bonds. The molecule has 2 aromatic heterocycles. The van der Waals surface area contributed by atoms with Crippen LogP contribution in [0.4, 0.5) is 5.82 Å². The van der Waals surface area contributed by atoms with Crippen LogP contribution in [0.25, 0.3) is 0 Å². The summed E-state index contributed by atoms with van der Waals surface area (Å²) >= 11 is 0. The molecule has 2 heterocycles. The van der Waals surface area contributed by atoms with E-state index in [0.29, 0.717) is 0 Å². The number of rotatable bonds is 5. The molecule has 84 valence electrons. The standard InChI is InChI=1S/C11H15N5/c1-10-7-11(15-8-14-10)13-3-2-5-16-6-4-12-9-16/h4,6-9H,2-3,5H2,1H3,(H,13,14,15). The smallest absolute Gasteiger partial charge is 0.129 e. The molecule has 0 saturated heterocycles. The summed E-state index contributed by atoms with van der Waals surface area (Å²) in [5.74, 6) is 0.887. The Kier molecular flexibility index (Phi) is 3.48. The minimum atomic E-state index is 0.887. The molecule has 0 aliphatic rings. The lowest BCUT2D eigenvalue weighted by molar-refractivity contribution is 0.660. The van der Waals surface area contributed by atoms with E-state index in [1.54, 1.807) is 12.5 Å². The fourth-order valence-corrected chi connectivity index (χ4v) is 1.45.